The Labute approximate surface area is 152 Å². The second-order valence-corrected chi connectivity index (χ2v) is 7.48. The molecule has 0 radical (unpaired) electrons. The van der Waals surface area contributed by atoms with Gasteiger partial charge in [-0.15, -0.1) is 0 Å². The number of halogens is 1. The largest absolute Gasteiger partial charge is 0.352 e. The molecule has 1 aromatic carbocycles. The highest BCUT2D eigenvalue weighted by molar-refractivity contribution is 6.09. The van der Waals surface area contributed by atoms with Crippen LogP contribution < -0.4 is 10.6 Å². The molecule has 1 aromatic rings. The van der Waals surface area contributed by atoms with Gasteiger partial charge in [0.15, 0.2) is 0 Å². The normalized spacial score (nSPS) is 28.8. The van der Waals surface area contributed by atoms with E-state index in [1.165, 1.54) is 24.3 Å². The summed E-state index contributed by atoms with van der Waals surface area (Å²) in [7, 11) is 0. The number of urea groups is 1. The lowest BCUT2D eigenvalue weighted by atomic mass is 9.87. The Balaban J connectivity index is 1.65. The van der Waals surface area contributed by atoms with Gasteiger partial charge in [-0.25, -0.2) is 9.18 Å². The van der Waals surface area contributed by atoms with Crippen LogP contribution >= 0.6 is 0 Å². The Morgan fingerprint density at radius 2 is 1.85 bits per heavy atom. The Bertz CT molecular complexity index is 713. The van der Waals surface area contributed by atoms with Crippen LogP contribution in [0, 0.1) is 11.7 Å². The Morgan fingerprint density at radius 1 is 1.23 bits per heavy atom. The Hall–Kier alpha value is -2.44. The van der Waals surface area contributed by atoms with E-state index in [1.54, 1.807) is 6.92 Å². The van der Waals surface area contributed by atoms with Gasteiger partial charge in [-0.2, -0.15) is 0 Å². The zero-order valence-corrected chi connectivity index (χ0v) is 15.0. The summed E-state index contributed by atoms with van der Waals surface area (Å²) in [5.74, 6) is -0.601. The van der Waals surface area contributed by atoms with Gasteiger partial charge in [-0.05, 0) is 56.2 Å². The van der Waals surface area contributed by atoms with Gasteiger partial charge >= 0.3 is 6.03 Å². The van der Waals surface area contributed by atoms with Crippen molar-refractivity contribution >= 4 is 17.8 Å². The van der Waals surface area contributed by atoms with Crippen molar-refractivity contribution in [3.8, 4) is 0 Å². The average Bonchev–Trinajstić information content (AvgIpc) is 2.82. The first-order valence-electron chi connectivity index (χ1n) is 8.99. The molecule has 140 valence electrons. The molecule has 1 saturated heterocycles. The number of carbonyl (C=O) groups excluding carboxylic acids is 3. The number of benzene rings is 1. The molecule has 3 rings (SSSR count). The number of nitrogens with one attached hydrogen (secondary N) is 2. The number of imide groups is 1. The number of hydrogen-bond donors (Lipinski definition) is 2. The van der Waals surface area contributed by atoms with Crippen LogP contribution in [0.25, 0.3) is 0 Å². The third-order valence-corrected chi connectivity index (χ3v) is 5.38. The van der Waals surface area contributed by atoms with Gasteiger partial charge in [0, 0.05) is 6.04 Å². The summed E-state index contributed by atoms with van der Waals surface area (Å²) in [4.78, 5) is 38.2. The van der Waals surface area contributed by atoms with E-state index in [9.17, 15) is 18.8 Å². The van der Waals surface area contributed by atoms with Gasteiger partial charge in [0.05, 0.1) is 0 Å². The minimum atomic E-state index is -1.30. The Kier molecular flexibility index (Phi) is 4.98. The summed E-state index contributed by atoms with van der Waals surface area (Å²) in [6, 6.07) is 4.87. The van der Waals surface area contributed by atoms with Crippen molar-refractivity contribution < 1.29 is 18.8 Å². The summed E-state index contributed by atoms with van der Waals surface area (Å²) < 4.78 is 13.1. The second kappa shape index (κ2) is 7.05. The number of amides is 4. The van der Waals surface area contributed by atoms with Crippen molar-refractivity contribution in [3.05, 3.63) is 35.6 Å². The minimum Gasteiger partial charge on any atom is -0.352 e. The van der Waals surface area contributed by atoms with E-state index in [-0.39, 0.29) is 18.5 Å². The second-order valence-electron chi connectivity index (χ2n) is 7.48. The molecule has 0 unspecified atom stereocenters. The Morgan fingerprint density at radius 3 is 2.46 bits per heavy atom. The maximum Gasteiger partial charge on any atom is 0.325 e. The number of nitrogens with zero attached hydrogens (tertiary/aromatic N) is 1. The first-order valence-corrected chi connectivity index (χ1v) is 8.99. The molecule has 6 nitrogen and oxygen atoms in total. The molecule has 7 heteroatoms. The SMILES string of the molecule is CC1CCC(NC(=O)CN2C(=O)N[C@@](C)(c3ccc(F)cc3)C2=O)CC1. The first-order chi connectivity index (χ1) is 12.3. The number of hydrogen-bond acceptors (Lipinski definition) is 3. The molecule has 0 bridgehead atoms. The van der Waals surface area contributed by atoms with E-state index >= 15 is 0 Å². The standard InChI is InChI=1S/C19H24FN3O3/c1-12-3-9-15(10-4-12)21-16(24)11-23-17(25)19(2,22-18(23)26)13-5-7-14(20)8-6-13/h5-8,12,15H,3-4,9-11H2,1-2H3,(H,21,24)(H,22,26)/t12?,15?,19-/m0/s1. The molecular formula is C19H24FN3O3. The van der Waals surface area contributed by atoms with Crippen LogP contribution in [0.2, 0.25) is 0 Å². The van der Waals surface area contributed by atoms with Gasteiger partial charge in [0.25, 0.3) is 5.91 Å². The zero-order valence-electron chi connectivity index (χ0n) is 15.0. The lowest BCUT2D eigenvalue weighted by Gasteiger charge is -2.27. The summed E-state index contributed by atoms with van der Waals surface area (Å²) in [5.41, 5.74) is -0.827. The van der Waals surface area contributed by atoms with Gasteiger partial charge in [0.2, 0.25) is 5.91 Å². The molecule has 1 saturated carbocycles. The van der Waals surface area contributed by atoms with Gasteiger partial charge in [-0.1, -0.05) is 19.1 Å². The van der Waals surface area contributed by atoms with Crippen LogP contribution in [0.1, 0.15) is 45.1 Å². The number of carbonyl (C=O) groups is 3. The molecule has 0 aromatic heterocycles. The third kappa shape index (κ3) is 3.57. The summed E-state index contributed by atoms with van der Waals surface area (Å²) in [6.45, 7) is 3.44. The maximum atomic E-state index is 13.1. The van der Waals surface area contributed by atoms with Crippen LogP contribution in [0.3, 0.4) is 0 Å². The molecule has 1 aliphatic heterocycles. The lowest BCUT2D eigenvalue weighted by Crippen LogP contribution is -2.46. The van der Waals surface area contributed by atoms with E-state index in [1.807, 2.05) is 0 Å². The average molecular weight is 361 g/mol. The minimum absolute atomic E-state index is 0.1000. The highest BCUT2D eigenvalue weighted by Crippen LogP contribution is 2.29. The van der Waals surface area contributed by atoms with E-state index in [0.717, 1.165) is 30.6 Å². The molecule has 2 N–H and O–H groups in total. The highest BCUT2D eigenvalue weighted by Gasteiger charge is 2.49. The fourth-order valence-corrected chi connectivity index (χ4v) is 3.64. The summed E-state index contributed by atoms with van der Waals surface area (Å²) in [5, 5.41) is 5.54. The van der Waals surface area contributed by atoms with E-state index in [4.69, 9.17) is 0 Å². The summed E-state index contributed by atoms with van der Waals surface area (Å²) >= 11 is 0. The van der Waals surface area contributed by atoms with Crippen molar-refractivity contribution in [2.24, 2.45) is 5.92 Å². The number of rotatable bonds is 4. The van der Waals surface area contributed by atoms with E-state index < -0.39 is 23.3 Å². The predicted octanol–water partition coefficient (Wildman–Crippen LogP) is 2.29. The van der Waals surface area contributed by atoms with Crippen LogP contribution in [0.4, 0.5) is 9.18 Å². The van der Waals surface area contributed by atoms with E-state index in [2.05, 4.69) is 17.6 Å². The van der Waals surface area contributed by atoms with E-state index in [0.29, 0.717) is 11.5 Å². The quantitative estimate of drug-likeness (QED) is 0.808. The van der Waals surface area contributed by atoms with Crippen molar-refractivity contribution in [1.29, 1.82) is 0 Å². The first kappa shape index (κ1) is 18.4. The monoisotopic (exact) mass is 361 g/mol. The fourth-order valence-electron chi connectivity index (χ4n) is 3.64. The molecule has 26 heavy (non-hydrogen) atoms. The van der Waals surface area contributed by atoms with Crippen LogP contribution in [-0.4, -0.2) is 35.3 Å². The lowest BCUT2D eigenvalue weighted by molar-refractivity contribution is -0.135. The van der Waals surface area contributed by atoms with Gasteiger partial charge in [0.1, 0.15) is 17.9 Å². The van der Waals surface area contributed by atoms with Gasteiger partial charge in [-0.3, -0.25) is 14.5 Å². The predicted molar refractivity (Wildman–Crippen MR) is 93.6 cm³/mol. The highest BCUT2D eigenvalue weighted by atomic mass is 19.1. The van der Waals surface area contributed by atoms with Gasteiger partial charge < -0.3 is 10.6 Å². The van der Waals surface area contributed by atoms with Crippen LogP contribution in [0.5, 0.6) is 0 Å². The molecule has 2 aliphatic rings. The van der Waals surface area contributed by atoms with Crippen molar-refractivity contribution in [2.45, 2.75) is 51.1 Å². The third-order valence-electron chi connectivity index (χ3n) is 5.38. The molecule has 4 amide bonds. The molecule has 1 atom stereocenters. The fraction of sp³-hybridized carbons (Fsp3) is 0.526. The van der Waals surface area contributed by atoms with Crippen molar-refractivity contribution in [3.63, 3.8) is 0 Å². The smallest absolute Gasteiger partial charge is 0.325 e. The molecule has 2 fully saturated rings. The van der Waals surface area contributed by atoms with Crippen molar-refractivity contribution in [1.82, 2.24) is 15.5 Å². The topological polar surface area (TPSA) is 78.5 Å². The van der Waals surface area contributed by atoms with Crippen molar-refractivity contribution in [2.75, 3.05) is 6.54 Å². The summed E-state index contributed by atoms with van der Waals surface area (Å²) in [6.07, 6.45) is 3.97. The molecule has 0 spiro atoms. The molecule has 1 heterocycles. The molecule has 1 aliphatic carbocycles. The maximum absolute atomic E-state index is 13.1. The molecular weight excluding hydrogens is 337 g/mol. The zero-order chi connectivity index (χ0) is 18.9. The van der Waals surface area contributed by atoms with Crippen LogP contribution in [-0.2, 0) is 15.1 Å². The van der Waals surface area contributed by atoms with Crippen LogP contribution in [0.15, 0.2) is 24.3 Å².